The summed E-state index contributed by atoms with van der Waals surface area (Å²) in [4.78, 5) is 4.54. The van der Waals surface area contributed by atoms with E-state index in [2.05, 4.69) is 16.7 Å². The minimum Gasteiger partial charge on any atom is -0.497 e. The highest BCUT2D eigenvalue weighted by Gasteiger charge is 2.18. The van der Waals surface area contributed by atoms with E-state index >= 15 is 0 Å². The zero-order valence-electron chi connectivity index (χ0n) is 11.2. The van der Waals surface area contributed by atoms with Crippen LogP contribution >= 0.6 is 0 Å². The molecule has 2 rings (SSSR count). The molecule has 0 atom stereocenters. The molecule has 1 aromatic rings. The van der Waals surface area contributed by atoms with Crippen molar-refractivity contribution in [2.75, 3.05) is 44.7 Å². The average molecular weight is 252 g/mol. The van der Waals surface area contributed by atoms with Gasteiger partial charge in [-0.3, -0.25) is 4.90 Å². The van der Waals surface area contributed by atoms with Crippen LogP contribution in [-0.2, 0) is 0 Å². The van der Waals surface area contributed by atoms with Crippen LogP contribution in [0.25, 0.3) is 0 Å². The smallest absolute Gasteiger partial charge is 0.150 e. The van der Waals surface area contributed by atoms with Crippen molar-refractivity contribution in [2.24, 2.45) is 0 Å². The molecule has 0 bridgehead atoms. The Kier molecular flexibility index (Phi) is 4.42. The summed E-state index contributed by atoms with van der Waals surface area (Å²) in [6.07, 6.45) is 1.18. The topological polar surface area (TPSA) is 15.7 Å². The molecule has 0 amide bonds. The lowest BCUT2D eigenvalue weighted by Gasteiger charge is -2.36. The zero-order valence-corrected chi connectivity index (χ0v) is 11.2. The molecule has 4 heteroatoms. The lowest BCUT2D eigenvalue weighted by molar-refractivity contribution is 0.258. The van der Waals surface area contributed by atoms with Crippen LogP contribution in [0.4, 0.5) is 10.1 Å². The molecule has 1 aliphatic heterocycles. The molecule has 0 aliphatic carbocycles. The van der Waals surface area contributed by atoms with Crippen LogP contribution in [0.2, 0.25) is 0 Å². The van der Waals surface area contributed by atoms with E-state index in [-0.39, 0.29) is 5.82 Å². The van der Waals surface area contributed by atoms with Crippen molar-refractivity contribution in [3.63, 3.8) is 0 Å². The van der Waals surface area contributed by atoms with Crippen molar-refractivity contribution in [2.45, 2.75) is 13.3 Å². The highest BCUT2D eigenvalue weighted by atomic mass is 19.1. The van der Waals surface area contributed by atoms with E-state index in [1.807, 2.05) is 12.1 Å². The van der Waals surface area contributed by atoms with Crippen molar-refractivity contribution in [1.29, 1.82) is 0 Å². The molecule has 100 valence electrons. The number of halogens is 1. The molecular weight excluding hydrogens is 231 g/mol. The Morgan fingerprint density at radius 3 is 2.50 bits per heavy atom. The predicted octanol–water partition coefficient (Wildman–Crippen LogP) is 2.37. The van der Waals surface area contributed by atoms with E-state index < -0.39 is 0 Å². The molecule has 3 nitrogen and oxygen atoms in total. The molecule has 0 N–H and O–H groups in total. The summed E-state index contributed by atoms with van der Waals surface area (Å²) in [5, 5.41) is 0. The van der Waals surface area contributed by atoms with E-state index in [1.165, 1.54) is 12.5 Å². The maximum absolute atomic E-state index is 13.9. The van der Waals surface area contributed by atoms with Gasteiger partial charge in [-0.25, -0.2) is 4.39 Å². The van der Waals surface area contributed by atoms with E-state index in [9.17, 15) is 4.39 Å². The first kappa shape index (κ1) is 13.1. The molecule has 1 heterocycles. The molecule has 18 heavy (non-hydrogen) atoms. The van der Waals surface area contributed by atoms with Crippen molar-refractivity contribution >= 4 is 5.69 Å². The number of benzene rings is 1. The minimum absolute atomic E-state index is 0.196. The van der Waals surface area contributed by atoms with Gasteiger partial charge in [-0.15, -0.1) is 0 Å². The van der Waals surface area contributed by atoms with Crippen LogP contribution in [0, 0.1) is 5.82 Å². The van der Waals surface area contributed by atoms with Gasteiger partial charge < -0.3 is 9.64 Å². The fourth-order valence-electron chi connectivity index (χ4n) is 2.40. The normalized spacial score (nSPS) is 16.9. The summed E-state index contributed by atoms with van der Waals surface area (Å²) < 4.78 is 19.0. The van der Waals surface area contributed by atoms with E-state index in [1.54, 1.807) is 7.11 Å². The highest BCUT2D eigenvalue weighted by Crippen LogP contribution is 2.24. The van der Waals surface area contributed by atoms with Crippen molar-refractivity contribution in [3.8, 4) is 5.75 Å². The second-order valence-corrected chi connectivity index (χ2v) is 4.65. The Morgan fingerprint density at radius 2 is 1.94 bits per heavy atom. The Hall–Kier alpha value is -1.29. The van der Waals surface area contributed by atoms with Gasteiger partial charge in [0.1, 0.15) is 11.6 Å². The van der Waals surface area contributed by atoms with Gasteiger partial charge in [-0.1, -0.05) is 6.92 Å². The molecule has 0 aromatic heterocycles. The fraction of sp³-hybridized carbons (Fsp3) is 0.571. The Morgan fingerprint density at radius 1 is 1.22 bits per heavy atom. The zero-order chi connectivity index (χ0) is 13.0. The summed E-state index contributed by atoms with van der Waals surface area (Å²) in [6, 6.07) is 5.08. The van der Waals surface area contributed by atoms with Gasteiger partial charge in [0.15, 0.2) is 0 Å². The largest absolute Gasteiger partial charge is 0.497 e. The van der Waals surface area contributed by atoms with E-state index in [4.69, 9.17) is 4.74 Å². The molecule has 1 aromatic carbocycles. The summed E-state index contributed by atoms with van der Waals surface area (Å²) in [5.74, 6) is 0.374. The summed E-state index contributed by atoms with van der Waals surface area (Å²) in [7, 11) is 1.55. The SMILES string of the molecule is CCCN1CCN(c2ccc(OC)cc2F)CC1. The molecular formula is C14H21FN2O. The summed E-state index contributed by atoms with van der Waals surface area (Å²) in [6.45, 7) is 7.14. The Bertz CT molecular complexity index is 389. The first-order valence-corrected chi connectivity index (χ1v) is 6.55. The number of hydrogen-bond donors (Lipinski definition) is 0. The van der Waals surface area contributed by atoms with Crippen LogP contribution in [-0.4, -0.2) is 44.7 Å². The number of piperazine rings is 1. The third-order valence-corrected chi connectivity index (χ3v) is 3.41. The molecule has 0 saturated carbocycles. The number of anilines is 1. The first-order valence-electron chi connectivity index (χ1n) is 6.55. The third-order valence-electron chi connectivity index (χ3n) is 3.41. The van der Waals surface area contributed by atoms with Gasteiger partial charge >= 0.3 is 0 Å². The summed E-state index contributed by atoms with van der Waals surface area (Å²) in [5.41, 5.74) is 0.687. The molecule has 0 radical (unpaired) electrons. The van der Waals surface area contributed by atoms with Crippen LogP contribution in [0.3, 0.4) is 0 Å². The van der Waals surface area contributed by atoms with Crippen molar-refractivity contribution < 1.29 is 9.13 Å². The molecule has 0 spiro atoms. The number of nitrogens with zero attached hydrogens (tertiary/aromatic N) is 2. The Balaban J connectivity index is 2.01. The maximum Gasteiger partial charge on any atom is 0.150 e. The second-order valence-electron chi connectivity index (χ2n) is 4.65. The van der Waals surface area contributed by atoms with Gasteiger partial charge in [0, 0.05) is 32.2 Å². The van der Waals surface area contributed by atoms with Gasteiger partial charge in [0.2, 0.25) is 0 Å². The number of rotatable bonds is 4. The minimum atomic E-state index is -0.196. The van der Waals surface area contributed by atoms with E-state index in [0.717, 1.165) is 32.7 Å². The highest BCUT2D eigenvalue weighted by molar-refractivity contribution is 5.51. The van der Waals surface area contributed by atoms with E-state index in [0.29, 0.717) is 11.4 Å². The standard InChI is InChI=1S/C14H21FN2O/c1-3-6-16-7-9-17(10-8-16)14-5-4-12(18-2)11-13(14)15/h4-5,11H,3,6-10H2,1-2H3. The lowest BCUT2D eigenvalue weighted by Crippen LogP contribution is -2.46. The van der Waals surface area contributed by atoms with Gasteiger partial charge in [0.25, 0.3) is 0 Å². The molecule has 0 unspecified atom stereocenters. The molecule has 1 saturated heterocycles. The second kappa shape index (κ2) is 6.05. The van der Waals surface area contributed by atoms with Gasteiger partial charge in [0.05, 0.1) is 12.8 Å². The predicted molar refractivity (Wildman–Crippen MR) is 71.9 cm³/mol. The van der Waals surface area contributed by atoms with Crippen LogP contribution in [0.15, 0.2) is 18.2 Å². The fourth-order valence-corrected chi connectivity index (χ4v) is 2.40. The quantitative estimate of drug-likeness (QED) is 0.818. The average Bonchev–Trinajstić information content (AvgIpc) is 2.40. The lowest BCUT2D eigenvalue weighted by atomic mass is 10.2. The number of methoxy groups -OCH3 is 1. The monoisotopic (exact) mass is 252 g/mol. The number of hydrogen-bond acceptors (Lipinski definition) is 3. The Labute approximate surface area is 108 Å². The third kappa shape index (κ3) is 2.93. The first-order chi connectivity index (χ1) is 8.74. The van der Waals surface area contributed by atoms with Gasteiger partial charge in [-0.2, -0.15) is 0 Å². The molecule has 1 aliphatic rings. The van der Waals surface area contributed by atoms with Crippen molar-refractivity contribution in [1.82, 2.24) is 4.90 Å². The number of ether oxygens (including phenoxy) is 1. The summed E-state index contributed by atoms with van der Waals surface area (Å²) >= 11 is 0. The van der Waals surface area contributed by atoms with Crippen LogP contribution in [0.5, 0.6) is 5.75 Å². The van der Waals surface area contributed by atoms with Crippen molar-refractivity contribution in [3.05, 3.63) is 24.0 Å². The van der Waals surface area contributed by atoms with Gasteiger partial charge in [-0.05, 0) is 25.1 Å². The maximum atomic E-state index is 13.9. The van der Waals surface area contributed by atoms with Crippen LogP contribution < -0.4 is 9.64 Å². The molecule has 1 fully saturated rings. The van der Waals surface area contributed by atoms with Crippen LogP contribution in [0.1, 0.15) is 13.3 Å².